The molecule has 3 rings (SSSR count). The highest BCUT2D eigenvalue weighted by Crippen LogP contribution is 2.18. The summed E-state index contributed by atoms with van der Waals surface area (Å²) in [7, 11) is 1.51. The van der Waals surface area contributed by atoms with Gasteiger partial charge >= 0.3 is 5.97 Å². The lowest BCUT2D eigenvalue weighted by Gasteiger charge is -2.11. The lowest BCUT2D eigenvalue weighted by Crippen LogP contribution is -2.13. The Morgan fingerprint density at radius 3 is 2.14 bits per heavy atom. The molecule has 0 atom stereocenters. The molecule has 3 aromatic carbocycles. The average molecular weight is 489 g/mol. The van der Waals surface area contributed by atoms with E-state index in [1.807, 2.05) is 54.6 Å². The molecule has 0 aromatic heterocycles. The Labute approximate surface area is 210 Å². The molecule has 0 amide bonds. The van der Waals surface area contributed by atoms with E-state index in [-0.39, 0.29) is 19.6 Å². The smallest absolute Gasteiger partial charge is 0.309 e. The zero-order valence-electron chi connectivity index (χ0n) is 20.0. The summed E-state index contributed by atoms with van der Waals surface area (Å²) in [6.07, 6.45) is 1.28. The normalized spacial score (nSPS) is 11.5. The van der Waals surface area contributed by atoms with Gasteiger partial charge < -0.3 is 24.3 Å². The molecule has 0 radical (unpaired) electrons. The molecule has 1 N–H and O–H groups in total. The largest absolute Gasteiger partial charge is 0.489 e. The van der Waals surface area contributed by atoms with Crippen LogP contribution in [0.15, 0.2) is 102 Å². The Morgan fingerprint density at radius 2 is 1.50 bits per heavy atom. The Balaban J connectivity index is 1.54. The van der Waals surface area contributed by atoms with E-state index in [9.17, 15) is 4.79 Å². The Morgan fingerprint density at radius 1 is 0.861 bits per heavy atom. The summed E-state index contributed by atoms with van der Waals surface area (Å²) < 4.78 is 11.7. The van der Waals surface area contributed by atoms with Crippen LogP contribution in [-0.4, -0.2) is 42.8 Å². The van der Waals surface area contributed by atoms with E-state index >= 15 is 0 Å². The molecule has 0 spiro atoms. The predicted octanol–water partition coefficient (Wildman–Crippen LogP) is 5.08. The first kappa shape index (κ1) is 26.0. The summed E-state index contributed by atoms with van der Waals surface area (Å²) in [6, 6.07) is 24.3. The first-order valence-corrected chi connectivity index (χ1v) is 11.2. The van der Waals surface area contributed by atoms with Crippen LogP contribution in [0.3, 0.4) is 0 Å². The van der Waals surface area contributed by atoms with E-state index in [1.54, 1.807) is 24.3 Å². The van der Waals surface area contributed by atoms with Crippen molar-refractivity contribution < 1.29 is 29.0 Å². The molecule has 3 aromatic rings. The molecule has 0 bridgehead atoms. The van der Waals surface area contributed by atoms with E-state index in [0.29, 0.717) is 35.1 Å². The van der Waals surface area contributed by atoms with Gasteiger partial charge in [0.15, 0.2) is 0 Å². The molecule has 0 heterocycles. The van der Waals surface area contributed by atoms with Crippen molar-refractivity contribution in [3.05, 3.63) is 108 Å². The highest BCUT2D eigenvalue weighted by molar-refractivity contribution is 6.08. The van der Waals surface area contributed by atoms with E-state index in [0.717, 1.165) is 11.1 Å². The number of benzene rings is 3. The van der Waals surface area contributed by atoms with Crippen molar-refractivity contribution in [2.24, 2.45) is 10.3 Å². The summed E-state index contributed by atoms with van der Waals surface area (Å²) in [4.78, 5) is 21.1. The number of oxime groups is 2. The zero-order chi connectivity index (χ0) is 25.6. The van der Waals surface area contributed by atoms with Crippen molar-refractivity contribution in [2.45, 2.75) is 13.0 Å². The number of carbonyl (C=O) groups is 1. The van der Waals surface area contributed by atoms with Crippen LogP contribution in [0.2, 0.25) is 0 Å². The molecule has 0 unspecified atom stereocenters. The number of ether oxygens (including phenoxy) is 2. The van der Waals surface area contributed by atoms with Crippen molar-refractivity contribution in [3.8, 4) is 11.5 Å². The van der Waals surface area contributed by atoms with Gasteiger partial charge in [-0.2, -0.15) is 0 Å². The van der Waals surface area contributed by atoms with Gasteiger partial charge in [0.2, 0.25) is 0 Å². The number of nitrogens with zero attached hydrogens (tertiary/aromatic N) is 2. The maximum absolute atomic E-state index is 11.1. The van der Waals surface area contributed by atoms with Gasteiger partial charge in [-0.1, -0.05) is 65.4 Å². The summed E-state index contributed by atoms with van der Waals surface area (Å²) in [5, 5.41) is 17.1. The molecule has 0 saturated carbocycles. The monoisotopic (exact) mass is 488 g/mol. The highest BCUT2D eigenvalue weighted by Gasteiger charge is 2.11. The highest BCUT2D eigenvalue weighted by atomic mass is 16.6. The molecule has 8 nitrogen and oxygen atoms in total. The molecule has 0 aliphatic heterocycles. The third-order valence-electron chi connectivity index (χ3n) is 4.89. The SMILES string of the molecule is C=CCO/N=C(\CC(=O)O)c1ccc(OCc2ccc(OC/C(=N\OC)c3ccccc3)cc2)cc1. The summed E-state index contributed by atoms with van der Waals surface area (Å²) in [6.45, 7) is 4.37. The van der Waals surface area contributed by atoms with E-state index < -0.39 is 5.97 Å². The molecule has 0 aliphatic rings. The van der Waals surface area contributed by atoms with Gasteiger partial charge in [0.05, 0.1) is 12.1 Å². The molecule has 0 saturated heterocycles. The number of carboxylic acid groups (broad SMARTS) is 1. The lowest BCUT2D eigenvalue weighted by molar-refractivity contribution is -0.135. The first-order chi connectivity index (χ1) is 17.6. The lowest BCUT2D eigenvalue weighted by atomic mass is 10.1. The molecule has 0 fully saturated rings. The quantitative estimate of drug-likeness (QED) is 0.147. The average Bonchev–Trinajstić information content (AvgIpc) is 2.90. The Kier molecular flexibility index (Phi) is 10.1. The number of hydrogen-bond donors (Lipinski definition) is 1. The van der Waals surface area contributed by atoms with Crippen LogP contribution >= 0.6 is 0 Å². The van der Waals surface area contributed by atoms with Gasteiger partial charge in [-0.3, -0.25) is 4.79 Å². The van der Waals surface area contributed by atoms with Gasteiger partial charge in [-0.05, 0) is 42.0 Å². The molecular formula is C28H28N2O6. The van der Waals surface area contributed by atoms with Crippen LogP contribution in [0.1, 0.15) is 23.1 Å². The van der Waals surface area contributed by atoms with Gasteiger partial charge in [0, 0.05) is 11.1 Å². The third-order valence-corrected chi connectivity index (χ3v) is 4.89. The van der Waals surface area contributed by atoms with Crippen LogP contribution in [0.5, 0.6) is 11.5 Å². The number of rotatable bonds is 14. The molecule has 8 heteroatoms. The Bertz CT molecular complexity index is 1170. The fourth-order valence-electron chi connectivity index (χ4n) is 3.15. The van der Waals surface area contributed by atoms with Crippen molar-refractivity contribution >= 4 is 17.4 Å². The Hall–Kier alpha value is -4.59. The predicted molar refractivity (Wildman–Crippen MR) is 138 cm³/mol. The van der Waals surface area contributed by atoms with Crippen molar-refractivity contribution in [1.29, 1.82) is 0 Å². The van der Waals surface area contributed by atoms with Crippen molar-refractivity contribution in [2.75, 3.05) is 20.3 Å². The fourth-order valence-corrected chi connectivity index (χ4v) is 3.15. The van der Waals surface area contributed by atoms with Crippen molar-refractivity contribution in [3.63, 3.8) is 0 Å². The molecule has 36 heavy (non-hydrogen) atoms. The minimum atomic E-state index is -0.994. The summed E-state index contributed by atoms with van der Waals surface area (Å²) >= 11 is 0. The summed E-state index contributed by atoms with van der Waals surface area (Å²) in [5.41, 5.74) is 3.55. The number of carboxylic acids is 1. The van der Waals surface area contributed by atoms with Gasteiger partial charge in [0.1, 0.15) is 44.1 Å². The standard InChI is InChI=1S/C28H28N2O6/c1-3-17-36-30-26(18-28(31)32)23-11-15-25(16-12-23)34-19-21-9-13-24(14-10-21)35-20-27(29-33-2)22-7-5-4-6-8-22/h3-16H,1,17-20H2,2H3,(H,31,32)/b29-27+,30-26+. The minimum absolute atomic E-state index is 0.197. The maximum atomic E-state index is 11.1. The van der Waals surface area contributed by atoms with E-state index in [2.05, 4.69) is 16.9 Å². The van der Waals surface area contributed by atoms with E-state index in [4.69, 9.17) is 24.3 Å². The second-order valence-corrected chi connectivity index (χ2v) is 7.53. The molecular weight excluding hydrogens is 460 g/mol. The molecule has 186 valence electrons. The van der Waals surface area contributed by atoms with E-state index in [1.165, 1.54) is 13.2 Å². The van der Waals surface area contributed by atoms with Gasteiger partial charge in [-0.15, -0.1) is 0 Å². The second-order valence-electron chi connectivity index (χ2n) is 7.53. The van der Waals surface area contributed by atoms with Crippen molar-refractivity contribution in [1.82, 2.24) is 0 Å². The number of hydrogen-bond acceptors (Lipinski definition) is 7. The minimum Gasteiger partial charge on any atom is -0.489 e. The first-order valence-electron chi connectivity index (χ1n) is 11.2. The maximum Gasteiger partial charge on any atom is 0.309 e. The van der Waals surface area contributed by atoms with Gasteiger partial charge in [-0.25, -0.2) is 0 Å². The summed E-state index contributed by atoms with van der Waals surface area (Å²) in [5.74, 6) is 0.349. The number of aliphatic carboxylic acids is 1. The van der Waals surface area contributed by atoms with Crippen LogP contribution in [-0.2, 0) is 21.1 Å². The zero-order valence-corrected chi connectivity index (χ0v) is 20.0. The van der Waals surface area contributed by atoms with Gasteiger partial charge in [0.25, 0.3) is 0 Å². The van der Waals surface area contributed by atoms with Crippen LogP contribution in [0.25, 0.3) is 0 Å². The fraction of sp³-hybridized carbons (Fsp3) is 0.179. The van der Waals surface area contributed by atoms with Crippen LogP contribution < -0.4 is 9.47 Å². The third kappa shape index (κ3) is 8.32. The topological polar surface area (TPSA) is 98.9 Å². The second kappa shape index (κ2) is 14.0. The van der Waals surface area contributed by atoms with Crippen LogP contribution in [0, 0.1) is 0 Å². The van der Waals surface area contributed by atoms with Crippen LogP contribution in [0.4, 0.5) is 0 Å². The molecule has 0 aliphatic carbocycles.